The molecule has 1 aliphatic carbocycles. The van der Waals surface area contributed by atoms with E-state index in [1.54, 1.807) is 11.8 Å². The largest absolute Gasteiger partial charge is 0.298 e. The van der Waals surface area contributed by atoms with Crippen LogP contribution in [0, 0.1) is 22.7 Å². The average Bonchev–Trinajstić information content (AvgIpc) is 3.10. The summed E-state index contributed by atoms with van der Waals surface area (Å²) in [7, 11) is 0. The molecule has 25 heavy (non-hydrogen) atoms. The van der Waals surface area contributed by atoms with Crippen LogP contribution in [-0.4, -0.2) is 33.0 Å². The third-order valence-corrected chi connectivity index (χ3v) is 8.88. The average molecular weight is 357 g/mol. The van der Waals surface area contributed by atoms with Crippen molar-refractivity contribution in [3.63, 3.8) is 0 Å². The molecule has 2 saturated heterocycles. The van der Waals surface area contributed by atoms with Crippen LogP contribution in [0.5, 0.6) is 0 Å². The van der Waals surface area contributed by atoms with Crippen LogP contribution >= 0.6 is 11.8 Å². The van der Waals surface area contributed by atoms with Crippen LogP contribution < -0.4 is 0 Å². The van der Waals surface area contributed by atoms with Crippen molar-refractivity contribution in [1.29, 1.82) is 0 Å². The monoisotopic (exact) mass is 357 g/mol. The van der Waals surface area contributed by atoms with Crippen LogP contribution in [0.25, 0.3) is 0 Å². The Kier molecular flexibility index (Phi) is 3.34. The zero-order chi connectivity index (χ0) is 18.2. The van der Waals surface area contributed by atoms with Gasteiger partial charge in [-0.25, -0.2) is 0 Å². The summed E-state index contributed by atoms with van der Waals surface area (Å²) in [5, 5.41) is 0. The summed E-state index contributed by atoms with van der Waals surface area (Å²) < 4.78 is -0.486. The summed E-state index contributed by atoms with van der Waals surface area (Å²) in [5.41, 5.74) is -0.215. The lowest BCUT2D eigenvalue weighted by molar-refractivity contribution is -0.167. The Labute approximate surface area is 152 Å². The van der Waals surface area contributed by atoms with Gasteiger partial charge in [-0.1, -0.05) is 58.0 Å². The van der Waals surface area contributed by atoms with E-state index in [1.807, 2.05) is 58.0 Å². The summed E-state index contributed by atoms with van der Waals surface area (Å²) in [6.45, 7) is 8.07. The minimum atomic E-state index is -0.584. The highest BCUT2D eigenvalue weighted by atomic mass is 32.2. The Morgan fingerprint density at radius 1 is 1.00 bits per heavy atom. The third kappa shape index (κ3) is 1.77. The fourth-order valence-corrected chi connectivity index (χ4v) is 7.75. The minimum Gasteiger partial charge on any atom is -0.298 e. The standard InChI is InChI=1S/C20H23NO3S/c1-18(2)17(24)19(3,4)20(18)14-13(11-25-20)15(22)21(16(14)23)10-12-8-6-5-7-9-12/h5-9,13-14H,10-11H2,1-4H3/t13-,14-/m0/s1. The van der Waals surface area contributed by atoms with Gasteiger partial charge in [0.05, 0.1) is 23.1 Å². The number of rotatable bonds is 2. The van der Waals surface area contributed by atoms with Gasteiger partial charge in [0.1, 0.15) is 5.78 Å². The van der Waals surface area contributed by atoms with Crippen molar-refractivity contribution >= 4 is 29.4 Å². The molecule has 1 aromatic rings. The second-order valence-electron chi connectivity index (χ2n) is 8.46. The maximum absolute atomic E-state index is 13.3. The molecule has 0 N–H and O–H groups in total. The van der Waals surface area contributed by atoms with Crippen LogP contribution in [-0.2, 0) is 20.9 Å². The first-order chi connectivity index (χ1) is 11.7. The van der Waals surface area contributed by atoms with Gasteiger partial charge in [-0.2, -0.15) is 11.8 Å². The molecule has 0 radical (unpaired) electrons. The highest BCUT2D eigenvalue weighted by molar-refractivity contribution is 8.01. The number of nitrogens with zero attached hydrogens (tertiary/aromatic N) is 1. The molecular formula is C20H23NO3S. The summed E-state index contributed by atoms with van der Waals surface area (Å²) >= 11 is 1.67. The van der Waals surface area contributed by atoms with Crippen LogP contribution in [0.4, 0.5) is 0 Å². The van der Waals surface area contributed by atoms with Gasteiger partial charge in [0.15, 0.2) is 0 Å². The molecule has 3 fully saturated rings. The van der Waals surface area contributed by atoms with E-state index < -0.39 is 21.5 Å². The number of carbonyl (C=O) groups is 3. The molecule has 132 valence electrons. The molecular weight excluding hydrogens is 334 g/mol. The van der Waals surface area contributed by atoms with Crippen LogP contribution in [0.1, 0.15) is 33.3 Å². The van der Waals surface area contributed by atoms with E-state index in [1.165, 1.54) is 4.90 Å². The van der Waals surface area contributed by atoms with Crippen LogP contribution in [0.3, 0.4) is 0 Å². The molecule has 2 amide bonds. The molecule has 5 heteroatoms. The Bertz CT molecular complexity index is 765. The molecule has 2 heterocycles. The number of Topliss-reactive ketones (excluding diaryl/α,β-unsaturated/α-hetero) is 1. The number of carbonyl (C=O) groups excluding carboxylic acids is 3. The molecule has 1 spiro atoms. The van der Waals surface area contributed by atoms with Crippen LogP contribution in [0.15, 0.2) is 30.3 Å². The lowest BCUT2D eigenvalue weighted by Gasteiger charge is -2.65. The van der Waals surface area contributed by atoms with Gasteiger partial charge in [-0.15, -0.1) is 0 Å². The van der Waals surface area contributed by atoms with Crippen molar-refractivity contribution in [2.75, 3.05) is 5.75 Å². The normalized spacial score (nSPS) is 31.4. The van der Waals surface area contributed by atoms with E-state index in [9.17, 15) is 14.4 Å². The fourth-order valence-electron chi connectivity index (χ4n) is 5.62. The van der Waals surface area contributed by atoms with Crippen molar-refractivity contribution in [3.05, 3.63) is 35.9 Å². The van der Waals surface area contributed by atoms with Crippen molar-refractivity contribution in [2.45, 2.75) is 39.0 Å². The molecule has 4 nitrogen and oxygen atoms in total. The Morgan fingerprint density at radius 2 is 1.60 bits per heavy atom. The van der Waals surface area contributed by atoms with E-state index in [4.69, 9.17) is 0 Å². The second-order valence-corrected chi connectivity index (χ2v) is 9.72. The van der Waals surface area contributed by atoms with Crippen molar-refractivity contribution in [2.24, 2.45) is 22.7 Å². The lowest BCUT2D eigenvalue weighted by atomic mass is 9.42. The van der Waals surface area contributed by atoms with Crippen molar-refractivity contribution in [3.8, 4) is 0 Å². The SMILES string of the molecule is CC1(C)C(=O)C(C)(C)C12SC[C@@H]1C(=O)N(Cc3ccccc3)C(=O)[C@H]12. The van der Waals surface area contributed by atoms with Crippen molar-refractivity contribution in [1.82, 2.24) is 4.90 Å². The van der Waals surface area contributed by atoms with E-state index >= 15 is 0 Å². The molecule has 1 aromatic carbocycles. The molecule has 1 saturated carbocycles. The van der Waals surface area contributed by atoms with E-state index in [2.05, 4.69) is 0 Å². The first-order valence-electron chi connectivity index (χ1n) is 8.74. The summed E-state index contributed by atoms with van der Waals surface area (Å²) in [6.07, 6.45) is 0. The molecule has 3 aliphatic rings. The van der Waals surface area contributed by atoms with Gasteiger partial charge in [-0.05, 0) is 5.56 Å². The zero-order valence-electron chi connectivity index (χ0n) is 15.0. The predicted octanol–water partition coefficient (Wildman–Crippen LogP) is 2.91. The van der Waals surface area contributed by atoms with E-state index in [-0.39, 0.29) is 23.5 Å². The summed E-state index contributed by atoms with van der Waals surface area (Å²) in [6, 6.07) is 9.60. The number of fused-ring (bicyclic) bond motifs is 2. The number of amides is 2. The minimum absolute atomic E-state index is 0.0748. The molecule has 2 aliphatic heterocycles. The van der Waals surface area contributed by atoms with Gasteiger partial charge in [-0.3, -0.25) is 19.3 Å². The van der Waals surface area contributed by atoms with Gasteiger partial charge in [0.2, 0.25) is 11.8 Å². The summed E-state index contributed by atoms with van der Waals surface area (Å²) in [4.78, 5) is 40.3. The number of thioether (sulfide) groups is 1. The Balaban J connectivity index is 1.72. The number of hydrogen-bond donors (Lipinski definition) is 0. The van der Waals surface area contributed by atoms with Crippen LogP contribution in [0.2, 0.25) is 0 Å². The molecule has 0 aromatic heterocycles. The lowest BCUT2D eigenvalue weighted by Crippen LogP contribution is -2.75. The van der Waals surface area contributed by atoms with Crippen molar-refractivity contribution < 1.29 is 14.4 Å². The van der Waals surface area contributed by atoms with Gasteiger partial charge in [0, 0.05) is 16.6 Å². The number of imide groups is 1. The van der Waals surface area contributed by atoms with Gasteiger partial charge >= 0.3 is 0 Å². The van der Waals surface area contributed by atoms with Gasteiger partial charge in [0.25, 0.3) is 0 Å². The molecule has 0 unspecified atom stereocenters. The predicted molar refractivity (Wildman–Crippen MR) is 96.7 cm³/mol. The van der Waals surface area contributed by atoms with E-state index in [0.717, 1.165) is 5.56 Å². The molecule has 0 bridgehead atoms. The smallest absolute Gasteiger partial charge is 0.234 e. The highest BCUT2D eigenvalue weighted by Gasteiger charge is 2.81. The second kappa shape index (κ2) is 4.97. The molecule has 2 atom stereocenters. The first kappa shape index (κ1) is 16.8. The fraction of sp³-hybridized carbons (Fsp3) is 0.550. The van der Waals surface area contributed by atoms with Gasteiger partial charge < -0.3 is 0 Å². The number of ketones is 1. The highest BCUT2D eigenvalue weighted by Crippen LogP contribution is 2.73. The number of hydrogen-bond acceptors (Lipinski definition) is 4. The maximum atomic E-state index is 13.3. The molecule has 4 rings (SSSR count). The van der Waals surface area contributed by atoms with E-state index in [0.29, 0.717) is 12.3 Å². The maximum Gasteiger partial charge on any atom is 0.234 e. The quantitative estimate of drug-likeness (QED) is 0.764. The summed E-state index contributed by atoms with van der Waals surface area (Å²) in [5.74, 6) is -0.0495. The number of benzene rings is 1. The topological polar surface area (TPSA) is 54.5 Å². The Hall–Kier alpha value is -1.62. The zero-order valence-corrected chi connectivity index (χ0v) is 15.9. The third-order valence-electron chi connectivity index (χ3n) is 6.62. The number of likely N-dealkylation sites (tertiary alicyclic amines) is 1. The first-order valence-corrected chi connectivity index (χ1v) is 9.73. The Morgan fingerprint density at radius 3 is 2.20 bits per heavy atom.